The zero-order chi connectivity index (χ0) is 26.0. The minimum Gasteiger partial charge on any atom is -0.475 e. The molecule has 4 rings (SSSR count). The van der Waals surface area contributed by atoms with Crippen molar-refractivity contribution in [2.24, 2.45) is 4.99 Å². The van der Waals surface area contributed by atoms with Crippen molar-refractivity contribution >= 4 is 22.8 Å². The molecule has 2 N–H and O–H groups in total. The standard InChI is InChI=1S/C27H31FN4O4S/c1-3-34-26(32-27(29)37-2)25-30-14-20(31-25)23-22(28)24(35-16-19-12-8-5-9-13-19)21(36-23)17-33-15-18-10-6-4-7-11-18/h4-14,21-24,29H,3,15-17H2,1-2H3,(H,30,31)/t21-,22+,23+,24-/m1/s1. The SMILES string of the molecule is CCOC(=NC(=N)SC)c1ncc([C@@H]2O[C@H](COCc3ccccc3)[C@@H](OCc3ccccc3)[C@H]2F)[nH]1. The van der Waals surface area contributed by atoms with Crippen LogP contribution in [0.3, 0.4) is 0 Å². The van der Waals surface area contributed by atoms with Crippen molar-refractivity contribution in [3.05, 3.63) is 89.5 Å². The van der Waals surface area contributed by atoms with Crippen molar-refractivity contribution in [2.75, 3.05) is 19.5 Å². The number of nitrogens with zero attached hydrogens (tertiary/aromatic N) is 2. The molecule has 8 nitrogen and oxygen atoms in total. The molecule has 0 aliphatic carbocycles. The maximum Gasteiger partial charge on any atom is 0.260 e. The number of halogens is 1. The Morgan fingerprint density at radius 3 is 2.43 bits per heavy atom. The normalized spacial score (nSPS) is 21.8. The zero-order valence-corrected chi connectivity index (χ0v) is 21.6. The third-order valence-corrected chi connectivity index (χ3v) is 6.23. The highest BCUT2D eigenvalue weighted by Gasteiger charge is 2.47. The molecule has 0 spiro atoms. The summed E-state index contributed by atoms with van der Waals surface area (Å²) in [6.07, 6.45) is -0.597. The molecular weight excluding hydrogens is 495 g/mol. The smallest absolute Gasteiger partial charge is 0.260 e. The highest BCUT2D eigenvalue weighted by molar-refractivity contribution is 8.13. The number of hydrogen-bond donors (Lipinski definition) is 2. The first-order valence-corrected chi connectivity index (χ1v) is 13.3. The number of aromatic amines is 1. The number of thioether (sulfide) groups is 1. The summed E-state index contributed by atoms with van der Waals surface area (Å²) in [7, 11) is 0. The molecule has 2 heterocycles. The number of aromatic nitrogens is 2. The van der Waals surface area contributed by atoms with E-state index >= 15 is 4.39 Å². The predicted molar refractivity (Wildman–Crippen MR) is 142 cm³/mol. The van der Waals surface area contributed by atoms with Crippen molar-refractivity contribution in [3.63, 3.8) is 0 Å². The second-order valence-electron chi connectivity index (χ2n) is 8.35. The van der Waals surface area contributed by atoms with Crippen molar-refractivity contribution in [2.45, 2.75) is 44.6 Å². The Bertz CT molecular complexity index is 1160. The fourth-order valence-corrected chi connectivity index (χ4v) is 4.12. The number of amidine groups is 1. The molecule has 37 heavy (non-hydrogen) atoms. The minimum absolute atomic E-state index is 0.0758. The van der Waals surface area contributed by atoms with Gasteiger partial charge in [0.15, 0.2) is 17.2 Å². The van der Waals surface area contributed by atoms with Crippen LogP contribution in [0.4, 0.5) is 4.39 Å². The van der Waals surface area contributed by atoms with Crippen LogP contribution in [0.1, 0.15) is 35.7 Å². The Kier molecular flexibility index (Phi) is 9.84. The second kappa shape index (κ2) is 13.5. The average Bonchev–Trinajstić information content (AvgIpc) is 3.53. The van der Waals surface area contributed by atoms with Gasteiger partial charge in [-0.05, 0) is 24.3 Å². The van der Waals surface area contributed by atoms with Gasteiger partial charge in [-0.25, -0.2) is 9.37 Å². The van der Waals surface area contributed by atoms with Gasteiger partial charge in [-0.1, -0.05) is 72.4 Å². The monoisotopic (exact) mass is 526 g/mol. The molecule has 0 amide bonds. The number of aliphatic imine (C=N–C) groups is 1. The summed E-state index contributed by atoms with van der Waals surface area (Å²) in [5.41, 5.74) is 2.40. The first kappa shape index (κ1) is 27.0. The number of rotatable bonds is 10. The highest BCUT2D eigenvalue weighted by Crippen LogP contribution is 2.37. The molecular formula is C27H31FN4O4S. The van der Waals surface area contributed by atoms with Crippen LogP contribution < -0.4 is 0 Å². The molecule has 10 heteroatoms. The molecule has 0 saturated carbocycles. The number of benzene rings is 2. The van der Waals surface area contributed by atoms with E-state index in [0.717, 1.165) is 11.1 Å². The summed E-state index contributed by atoms with van der Waals surface area (Å²) in [6, 6.07) is 19.4. The molecule has 1 fully saturated rings. The van der Waals surface area contributed by atoms with Gasteiger partial charge >= 0.3 is 0 Å². The maximum absolute atomic E-state index is 15.8. The Morgan fingerprint density at radius 2 is 1.78 bits per heavy atom. The fourth-order valence-electron chi connectivity index (χ4n) is 3.95. The number of imidazole rings is 1. The van der Waals surface area contributed by atoms with E-state index in [1.165, 1.54) is 18.0 Å². The van der Waals surface area contributed by atoms with Gasteiger partial charge in [0.1, 0.15) is 18.3 Å². The Labute approximate surface area is 220 Å². The molecule has 3 aromatic rings. The number of nitrogens with one attached hydrogen (secondary N) is 2. The molecule has 0 bridgehead atoms. The van der Waals surface area contributed by atoms with Crippen molar-refractivity contribution in [3.8, 4) is 0 Å². The maximum atomic E-state index is 15.8. The van der Waals surface area contributed by atoms with E-state index in [0.29, 0.717) is 24.7 Å². The minimum atomic E-state index is -1.46. The van der Waals surface area contributed by atoms with Crippen molar-refractivity contribution < 1.29 is 23.3 Å². The van der Waals surface area contributed by atoms with Gasteiger partial charge in [0.25, 0.3) is 5.90 Å². The quantitative estimate of drug-likeness (QED) is 0.283. The lowest BCUT2D eigenvalue weighted by Gasteiger charge is -2.20. The molecule has 1 aliphatic heterocycles. The lowest BCUT2D eigenvalue weighted by atomic mass is 10.1. The Morgan fingerprint density at radius 1 is 1.11 bits per heavy atom. The van der Waals surface area contributed by atoms with Crippen LogP contribution in [0.15, 0.2) is 71.9 Å². The predicted octanol–water partition coefficient (Wildman–Crippen LogP) is 5.07. The summed E-state index contributed by atoms with van der Waals surface area (Å²) in [5, 5.41) is 7.91. The van der Waals surface area contributed by atoms with Gasteiger partial charge in [-0.2, -0.15) is 4.99 Å². The summed E-state index contributed by atoms with van der Waals surface area (Å²) in [4.78, 5) is 11.5. The third-order valence-electron chi connectivity index (χ3n) is 5.75. The van der Waals surface area contributed by atoms with Gasteiger partial charge < -0.3 is 23.9 Å². The number of ether oxygens (including phenoxy) is 4. The van der Waals surface area contributed by atoms with Gasteiger partial charge in [0, 0.05) is 0 Å². The Hall–Kier alpha value is -3.05. The van der Waals surface area contributed by atoms with Gasteiger partial charge in [-0.3, -0.25) is 5.41 Å². The summed E-state index contributed by atoms with van der Waals surface area (Å²) < 4.78 is 39.4. The van der Waals surface area contributed by atoms with Crippen LogP contribution >= 0.6 is 11.8 Å². The molecule has 1 saturated heterocycles. The van der Waals surface area contributed by atoms with E-state index in [1.54, 1.807) is 6.26 Å². The van der Waals surface area contributed by atoms with E-state index in [9.17, 15) is 0 Å². The van der Waals surface area contributed by atoms with E-state index in [-0.39, 0.29) is 24.3 Å². The number of alkyl halides is 1. The summed E-state index contributed by atoms with van der Waals surface area (Å²) in [6.45, 7) is 2.97. The van der Waals surface area contributed by atoms with Crippen LogP contribution in [-0.2, 0) is 32.2 Å². The lowest BCUT2D eigenvalue weighted by molar-refractivity contribution is -0.0740. The van der Waals surface area contributed by atoms with E-state index < -0.39 is 24.5 Å². The summed E-state index contributed by atoms with van der Waals surface area (Å²) in [5.74, 6) is 0.470. The molecule has 4 atom stereocenters. The summed E-state index contributed by atoms with van der Waals surface area (Å²) >= 11 is 1.18. The van der Waals surface area contributed by atoms with Crippen LogP contribution in [0, 0.1) is 5.41 Å². The molecule has 0 radical (unpaired) electrons. The number of H-pyrrole nitrogens is 1. The van der Waals surface area contributed by atoms with Crippen LogP contribution in [0.2, 0.25) is 0 Å². The van der Waals surface area contributed by atoms with Crippen LogP contribution in [-0.4, -0.2) is 58.9 Å². The van der Waals surface area contributed by atoms with E-state index in [2.05, 4.69) is 15.0 Å². The third kappa shape index (κ3) is 7.26. The average molecular weight is 527 g/mol. The first-order valence-electron chi connectivity index (χ1n) is 12.0. The molecule has 1 aromatic heterocycles. The Balaban J connectivity index is 1.49. The lowest BCUT2D eigenvalue weighted by Crippen LogP contribution is -2.34. The fraction of sp³-hybridized carbons (Fsp3) is 0.370. The largest absolute Gasteiger partial charge is 0.475 e. The van der Waals surface area contributed by atoms with Crippen molar-refractivity contribution in [1.82, 2.24) is 9.97 Å². The molecule has 196 valence electrons. The van der Waals surface area contributed by atoms with E-state index in [1.807, 2.05) is 67.6 Å². The zero-order valence-electron chi connectivity index (χ0n) is 20.8. The highest BCUT2D eigenvalue weighted by atomic mass is 32.2. The van der Waals surface area contributed by atoms with Crippen LogP contribution in [0.5, 0.6) is 0 Å². The second-order valence-corrected chi connectivity index (χ2v) is 9.14. The molecule has 1 aliphatic rings. The van der Waals surface area contributed by atoms with Gasteiger partial charge in [-0.15, -0.1) is 0 Å². The van der Waals surface area contributed by atoms with Gasteiger partial charge in [0.2, 0.25) is 0 Å². The van der Waals surface area contributed by atoms with E-state index in [4.69, 9.17) is 24.4 Å². The molecule has 0 unspecified atom stereocenters. The van der Waals surface area contributed by atoms with Crippen LogP contribution in [0.25, 0.3) is 0 Å². The number of hydrogen-bond acceptors (Lipinski definition) is 7. The van der Waals surface area contributed by atoms with Crippen molar-refractivity contribution in [1.29, 1.82) is 5.41 Å². The topological polar surface area (TPSA) is 102 Å². The first-order chi connectivity index (χ1) is 18.1. The molecule has 2 aromatic carbocycles. The van der Waals surface area contributed by atoms with Gasteiger partial charge in [0.05, 0.1) is 38.3 Å².